The molecule has 0 unspecified atom stereocenters. The van der Waals surface area contributed by atoms with Crippen LogP contribution < -0.4 is 4.90 Å². The smallest absolute Gasteiger partial charge is 0.0511 e. The number of piperazine rings is 2. The quantitative estimate of drug-likeness (QED) is 0.606. The topological polar surface area (TPSA) is 13.0 Å². The number of rotatable bonds is 7. The van der Waals surface area contributed by atoms with Gasteiger partial charge in [0, 0.05) is 63.4 Å². The largest absolute Gasteiger partial charge is 0.368 e. The maximum atomic E-state index is 3.86. The van der Waals surface area contributed by atoms with Crippen LogP contribution in [0.15, 0.2) is 53.0 Å². The molecule has 4 nitrogen and oxygen atoms in total. The second-order valence-corrected chi connectivity index (χ2v) is 9.64. The van der Waals surface area contributed by atoms with Crippen molar-refractivity contribution in [1.82, 2.24) is 14.7 Å². The highest BCUT2D eigenvalue weighted by Crippen LogP contribution is 2.29. The molecule has 0 atom stereocenters. The summed E-state index contributed by atoms with van der Waals surface area (Å²) in [6.45, 7) is 11.5. The molecule has 2 aromatic carbocycles. The fourth-order valence-corrected chi connectivity index (χ4v) is 5.21. The Bertz CT molecular complexity index is 781. The zero-order valence-electron chi connectivity index (χ0n) is 18.3. The van der Waals surface area contributed by atoms with Gasteiger partial charge in [0.25, 0.3) is 0 Å². The van der Waals surface area contributed by atoms with E-state index in [4.69, 9.17) is 0 Å². The summed E-state index contributed by atoms with van der Waals surface area (Å²) >= 11 is 3.86. The lowest BCUT2D eigenvalue weighted by molar-refractivity contribution is 0.153. The highest BCUT2D eigenvalue weighted by Gasteiger charge is 2.19. The summed E-state index contributed by atoms with van der Waals surface area (Å²) in [7, 11) is 2.22. The van der Waals surface area contributed by atoms with Gasteiger partial charge in [0.05, 0.1) is 5.69 Å². The number of aryl methyl sites for hydroxylation is 1. The summed E-state index contributed by atoms with van der Waals surface area (Å²) in [5, 5.41) is 0. The van der Waals surface area contributed by atoms with E-state index in [1.807, 2.05) is 0 Å². The normalized spacial score (nSPS) is 19.3. The van der Waals surface area contributed by atoms with Crippen molar-refractivity contribution in [2.24, 2.45) is 0 Å². The fraction of sp³-hybridized carbons (Fsp3) is 0.520. The maximum Gasteiger partial charge on any atom is 0.0511 e. The summed E-state index contributed by atoms with van der Waals surface area (Å²) in [5.74, 6) is 0. The Morgan fingerprint density at radius 2 is 1.47 bits per heavy atom. The molecule has 2 aliphatic heterocycles. The molecule has 0 N–H and O–H groups in total. The average Bonchev–Trinajstić information content (AvgIpc) is 2.77. The predicted octanol–water partition coefficient (Wildman–Crippen LogP) is 3.95. The molecule has 162 valence electrons. The number of hydrogen-bond acceptors (Lipinski definition) is 4. The minimum Gasteiger partial charge on any atom is -0.368 e. The second kappa shape index (κ2) is 10.8. The lowest BCUT2D eigenvalue weighted by Gasteiger charge is -2.36. The van der Waals surface area contributed by atoms with E-state index in [1.54, 1.807) is 0 Å². The van der Waals surface area contributed by atoms with Gasteiger partial charge in [0.2, 0.25) is 0 Å². The van der Waals surface area contributed by atoms with Crippen LogP contribution >= 0.6 is 15.9 Å². The van der Waals surface area contributed by atoms with Gasteiger partial charge in [-0.05, 0) is 65.6 Å². The van der Waals surface area contributed by atoms with Crippen LogP contribution in [0.25, 0.3) is 0 Å². The Balaban J connectivity index is 1.23. The molecule has 0 aliphatic carbocycles. The lowest BCUT2D eigenvalue weighted by atomic mass is 10.1. The molecule has 2 heterocycles. The summed E-state index contributed by atoms with van der Waals surface area (Å²) in [6, 6.07) is 17.8. The third-order valence-electron chi connectivity index (χ3n) is 6.51. The van der Waals surface area contributed by atoms with Crippen molar-refractivity contribution in [2.45, 2.75) is 19.4 Å². The predicted molar refractivity (Wildman–Crippen MR) is 130 cm³/mol. The van der Waals surface area contributed by atoms with E-state index in [0.717, 1.165) is 39.1 Å². The lowest BCUT2D eigenvalue weighted by Crippen LogP contribution is -2.46. The van der Waals surface area contributed by atoms with Crippen LogP contribution in [0.2, 0.25) is 0 Å². The standard InChI is InChI=1S/C25H35BrN4/c1-27-12-14-28(15-13-27)11-5-8-22-9-10-25(24(26)20-22)30-18-16-29(17-19-30)21-23-6-3-2-4-7-23/h2-4,6-7,9-10,20H,5,8,11-19,21H2,1H3. The van der Waals surface area contributed by atoms with Crippen LogP contribution in [0.4, 0.5) is 5.69 Å². The number of anilines is 1. The van der Waals surface area contributed by atoms with E-state index in [0.29, 0.717) is 0 Å². The van der Waals surface area contributed by atoms with Gasteiger partial charge in [0.1, 0.15) is 0 Å². The van der Waals surface area contributed by atoms with E-state index in [2.05, 4.69) is 91.1 Å². The van der Waals surface area contributed by atoms with Crippen LogP contribution in [-0.2, 0) is 13.0 Å². The zero-order chi connectivity index (χ0) is 20.8. The number of benzene rings is 2. The van der Waals surface area contributed by atoms with Crippen LogP contribution in [0.5, 0.6) is 0 Å². The molecule has 0 radical (unpaired) electrons. The molecule has 0 aromatic heterocycles. The van der Waals surface area contributed by atoms with Gasteiger partial charge in [-0.25, -0.2) is 0 Å². The Kier molecular flexibility index (Phi) is 7.83. The molecule has 0 saturated carbocycles. The molecule has 2 fully saturated rings. The van der Waals surface area contributed by atoms with Crippen LogP contribution in [0, 0.1) is 0 Å². The molecular formula is C25H35BrN4. The Labute approximate surface area is 190 Å². The van der Waals surface area contributed by atoms with Gasteiger partial charge in [-0.15, -0.1) is 0 Å². The number of nitrogens with zero attached hydrogens (tertiary/aromatic N) is 4. The first-order chi connectivity index (χ1) is 14.7. The van der Waals surface area contributed by atoms with Crippen LogP contribution in [0.1, 0.15) is 17.5 Å². The minimum atomic E-state index is 1.06. The maximum absolute atomic E-state index is 3.86. The van der Waals surface area contributed by atoms with Crippen molar-refractivity contribution >= 4 is 21.6 Å². The minimum absolute atomic E-state index is 1.06. The van der Waals surface area contributed by atoms with Gasteiger partial charge in [0.15, 0.2) is 0 Å². The van der Waals surface area contributed by atoms with Crippen molar-refractivity contribution in [3.8, 4) is 0 Å². The van der Waals surface area contributed by atoms with Crippen molar-refractivity contribution in [3.05, 3.63) is 64.1 Å². The molecule has 30 heavy (non-hydrogen) atoms. The second-order valence-electron chi connectivity index (χ2n) is 8.78. The van der Waals surface area contributed by atoms with Gasteiger partial charge < -0.3 is 14.7 Å². The highest BCUT2D eigenvalue weighted by atomic mass is 79.9. The SMILES string of the molecule is CN1CCN(CCCc2ccc(N3CCN(Cc4ccccc4)CC3)c(Br)c2)CC1. The third kappa shape index (κ3) is 6.07. The van der Waals surface area contributed by atoms with E-state index in [-0.39, 0.29) is 0 Å². The average molecular weight is 471 g/mol. The Morgan fingerprint density at radius 1 is 0.767 bits per heavy atom. The summed E-state index contributed by atoms with van der Waals surface area (Å²) in [5.41, 5.74) is 4.20. The van der Waals surface area contributed by atoms with E-state index >= 15 is 0 Å². The monoisotopic (exact) mass is 470 g/mol. The van der Waals surface area contributed by atoms with Crippen molar-refractivity contribution in [2.75, 3.05) is 70.9 Å². The van der Waals surface area contributed by atoms with E-state index in [9.17, 15) is 0 Å². The molecule has 2 aromatic rings. The van der Waals surface area contributed by atoms with Gasteiger partial charge >= 0.3 is 0 Å². The summed E-state index contributed by atoms with van der Waals surface area (Å²) < 4.78 is 1.25. The molecule has 0 spiro atoms. The van der Waals surface area contributed by atoms with Crippen molar-refractivity contribution in [3.63, 3.8) is 0 Å². The molecule has 2 saturated heterocycles. The Morgan fingerprint density at radius 3 is 2.17 bits per heavy atom. The van der Waals surface area contributed by atoms with Gasteiger partial charge in [-0.1, -0.05) is 36.4 Å². The van der Waals surface area contributed by atoms with Gasteiger partial charge in [-0.3, -0.25) is 4.90 Å². The fourth-order valence-electron chi connectivity index (χ4n) is 4.53. The molecule has 0 bridgehead atoms. The molecule has 0 amide bonds. The Hall–Kier alpha value is -1.40. The summed E-state index contributed by atoms with van der Waals surface area (Å²) in [4.78, 5) is 10.1. The highest BCUT2D eigenvalue weighted by molar-refractivity contribution is 9.10. The third-order valence-corrected chi connectivity index (χ3v) is 7.14. The van der Waals surface area contributed by atoms with E-state index < -0.39 is 0 Å². The number of halogens is 1. The zero-order valence-corrected chi connectivity index (χ0v) is 19.9. The van der Waals surface area contributed by atoms with Crippen LogP contribution in [-0.4, -0.2) is 80.7 Å². The first-order valence-electron chi connectivity index (χ1n) is 11.4. The molecule has 5 heteroatoms. The van der Waals surface area contributed by atoms with Gasteiger partial charge in [-0.2, -0.15) is 0 Å². The molecule has 2 aliphatic rings. The first kappa shape index (κ1) is 21.8. The molecular weight excluding hydrogens is 436 g/mol. The number of hydrogen-bond donors (Lipinski definition) is 0. The first-order valence-corrected chi connectivity index (χ1v) is 12.2. The van der Waals surface area contributed by atoms with Crippen LogP contribution in [0.3, 0.4) is 0 Å². The molecule has 4 rings (SSSR count). The van der Waals surface area contributed by atoms with Crippen molar-refractivity contribution < 1.29 is 0 Å². The number of likely N-dealkylation sites (N-methyl/N-ethyl adjacent to an activating group) is 1. The summed E-state index contributed by atoms with van der Waals surface area (Å²) in [6.07, 6.45) is 2.41. The van der Waals surface area contributed by atoms with E-state index in [1.165, 1.54) is 60.4 Å². The van der Waals surface area contributed by atoms with Crippen molar-refractivity contribution in [1.29, 1.82) is 0 Å².